The van der Waals surface area contributed by atoms with Gasteiger partial charge in [-0.05, 0) is 12.1 Å². The minimum absolute atomic E-state index is 0.0140. The number of nitrogens with zero attached hydrogens (tertiary/aromatic N) is 7. The van der Waals surface area contributed by atoms with Crippen LogP contribution in [-0.2, 0) is 13.1 Å². The van der Waals surface area contributed by atoms with Gasteiger partial charge in [0.05, 0.1) is 31.6 Å². The monoisotopic (exact) mass is 410 g/mol. The lowest BCUT2D eigenvalue weighted by molar-refractivity contribution is 0.563. The number of nitrogen functional groups attached to an aromatic ring is 3. The van der Waals surface area contributed by atoms with Gasteiger partial charge in [0.2, 0.25) is 29.7 Å². The summed E-state index contributed by atoms with van der Waals surface area (Å²) in [5.41, 5.74) is 22.0. The van der Waals surface area contributed by atoms with Crippen LogP contribution in [0.5, 0.6) is 0 Å². The lowest BCUT2D eigenvalue weighted by Gasteiger charge is -2.23. The molecule has 0 aliphatic rings. The van der Waals surface area contributed by atoms with Gasteiger partial charge in [0, 0.05) is 17.7 Å². The lowest BCUT2D eigenvalue weighted by Crippen LogP contribution is -2.32. The van der Waals surface area contributed by atoms with E-state index in [0.717, 1.165) is 11.1 Å². The zero-order chi connectivity index (χ0) is 20.9. The second kappa shape index (κ2) is 8.17. The molecule has 4 heterocycles. The molecule has 0 bridgehead atoms. The predicted molar refractivity (Wildman–Crippen MR) is 107 cm³/mol. The topological polar surface area (TPSA) is 209 Å². The van der Waals surface area contributed by atoms with E-state index in [1.807, 2.05) is 6.07 Å². The van der Waals surface area contributed by atoms with Gasteiger partial charge in [-0.15, -0.1) is 0 Å². The van der Waals surface area contributed by atoms with Crippen molar-refractivity contribution in [1.29, 1.82) is 0 Å². The van der Waals surface area contributed by atoms with E-state index in [4.69, 9.17) is 26.0 Å². The second-order valence-electron chi connectivity index (χ2n) is 6.01. The Labute approximate surface area is 169 Å². The molecule has 0 aliphatic heterocycles. The molecule has 14 heteroatoms. The van der Waals surface area contributed by atoms with Crippen molar-refractivity contribution < 1.29 is 8.83 Å². The highest BCUT2D eigenvalue weighted by Crippen LogP contribution is 2.17. The third kappa shape index (κ3) is 4.61. The van der Waals surface area contributed by atoms with Crippen molar-refractivity contribution in [2.75, 3.05) is 33.0 Å². The Kier molecular flexibility index (Phi) is 5.10. The second-order valence-corrected chi connectivity index (χ2v) is 6.01. The molecule has 0 saturated heterocycles. The molecule has 0 aromatic carbocycles. The molecule has 8 N–H and O–H groups in total. The van der Waals surface area contributed by atoms with Crippen LogP contribution in [0.25, 0.3) is 0 Å². The molecule has 0 radical (unpaired) electrons. The molecule has 154 valence electrons. The van der Waals surface area contributed by atoms with E-state index >= 15 is 0 Å². The maximum Gasteiger partial charge on any atom is 0.251 e. The van der Waals surface area contributed by atoms with E-state index in [9.17, 15) is 0 Å². The number of rotatable bonds is 8. The van der Waals surface area contributed by atoms with Crippen molar-refractivity contribution in [3.8, 4) is 0 Å². The Morgan fingerprint density at radius 3 is 2.07 bits per heavy atom. The summed E-state index contributed by atoms with van der Waals surface area (Å²) < 4.78 is 10.2. The smallest absolute Gasteiger partial charge is 0.251 e. The lowest BCUT2D eigenvalue weighted by atomic mass is 10.3. The van der Waals surface area contributed by atoms with E-state index in [-0.39, 0.29) is 42.2 Å². The third-order valence-corrected chi connectivity index (χ3v) is 3.74. The van der Waals surface area contributed by atoms with Crippen molar-refractivity contribution in [1.82, 2.24) is 29.9 Å². The molecule has 0 unspecified atom stereocenters. The Balaban J connectivity index is 1.58. The van der Waals surface area contributed by atoms with Gasteiger partial charge < -0.3 is 31.4 Å². The molecule has 4 aromatic rings. The maximum atomic E-state index is 5.83. The summed E-state index contributed by atoms with van der Waals surface area (Å²) in [7, 11) is 0. The van der Waals surface area contributed by atoms with Crippen LogP contribution in [0.2, 0.25) is 0 Å². The summed E-state index contributed by atoms with van der Waals surface area (Å²) in [6.45, 7) is 0.724. The largest absolute Gasteiger partial charge is 0.472 e. The summed E-state index contributed by atoms with van der Waals surface area (Å²) in [5, 5.41) is 4.57. The van der Waals surface area contributed by atoms with E-state index in [2.05, 4.69) is 40.6 Å². The van der Waals surface area contributed by atoms with Gasteiger partial charge in [-0.25, -0.2) is 5.01 Å². The average molecular weight is 410 g/mol. The quantitative estimate of drug-likeness (QED) is 0.252. The Bertz CT molecular complexity index is 1080. The highest BCUT2D eigenvalue weighted by atomic mass is 16.3. The zero-order valence-electron chi connectivity index (χ0n) is 15.6. The van der Waals surface area contributed by atoms with Crippen molar-refractivity contribution in [3.63, 3.8) is 0 Å². The normalized spacial score (nSPS) is 10.7. The van der Waals surface area contributed by atoms with E-state index in [0.29, 0.717) is 6.54 Å². The van der Waals surface area contributed by atoms with Gasteiger partial charge in [-0.1, -0.05) is 0 Å². The highest BCUT2D eigenvalue weighted by Gasteiger charge is 2.16. The van der Waals surface area contributed by atoms with Gasteiger partial charge in [-0.3, -0.25) is 5.43 Å². The fourth-order valence-electron chi connectivity index (χ4n) is 2.46. The Morgan fingerprint density at radius 2 is 1.40 bits per heavy atom. The van der Waals surface area contributed by atoms with Crippen LogP contribution in [0, 0.1) is 0 Å². The van der Waals surface area contributed by atoms with Crippen molar-refractivity contribution >= 4 is 35.7 Å². The minimum atomic E-state index is -0.0332. The third-order valence-electron chi connectivity index (χ3n) is 3.74. The van der Waals surface area contributed by atoms with Gasteiger partial charge >= 0.3 is 0 Å². The molecular formula is C16H18N12O2. The summed E-state index contributed by atoms with van der Waals surface area (Å²) in [6.07, 6.45) is 6.30. The van der Waals surface area contributed by atoms with Crippen LogP contribution >= 0.6 is 0 Å². The molecule has 30 heavy (non-hydrogen) atoms. The summed E-state index contributed by atoms with van der Waals surface area (Å²) in [5.74, 6) is 0.527. The number of aromatic nitrogens is 6. The van der Waals surface area contributed by atoms with Crippen LogP contribution in [0.3, 0.4) is 0 Å². The van der Waals surface area contributed by atoms with Crippen LogP contribution in [0.4, 0.5) is 35.7 Å². The predicted octanol–water partition coefficient (Wildman–Crippen LogP) is 0.635. The van der Waals surface area contributed by atoms with Crippen LogP contribution in [0.15, 0.2) is 46.0 Å². The number of hydrogen-bond donors (Lipinski definition) is 5. The fraction of sp³-hybridized carbons (Fsp3) is 0.125. The molecular weight excluding hydrogens is 392 g/mol. The molecule has 14 nitrogen and oxygen atoms in total. The highest BCUT2D eigenvalue weighted by molar-refractivity contribution is 5.48. The summed E-state index contributed by atoms with van der Waals surface area (Å²) >= 11 is 0. The SMILES string of the molecule is Nc1nc(NCc2ccoc2)nc(NN(Cc2ccoc2)c2nc(N)nc(N)n2)n1. The van der Waals surface area contributed by atoms with Gasteiger partial charge in [0.25, 0.3) is 5.95 Å². The van der Waals surface area contributed by atoms with Crippen LogP contribution in [0.1, 0.15) is 11.1 Å². The molecule has 0 fully saturated rings. The molecule has 0 amide bonds. The first kappa shape index (κ1) is 18.7. The van der Waals surface area contributed by atoms with Crippen LogP contribution < -0.4 is 33.0 Å². The van der Waals surface area contributed by atoms with Crippen LogP contribution in [-0.4, -0.2) is 29.9 Å². The van der Waals surface area contributed by atoms with E-state index in [1.165, 1.54) is 5.01 Å². The minimum Gasteiger partial charge on any atom is -0.472 e. The molecule has 0 spiro atoms. The molecule has 0 aliphatic carbocycles. The number of hydrogen-bond acceptors (Lipinski definition) is 14. The Hall–Kier alpha value is -4.62. The van der Waals surface area contributed by atoms with Gasteiger partial charge in [-0.2, -0.15) is 29.9 Å². The fourth-order valence-corrected chi connectivity index (χ4v) is 2.46. The molecule has 0 saturated carbocycles. The number of furan rings is 2. The first-order chi connectivity index (χ1) is 14.5. The number of hydrazine groups is 1. The van der Waals surface area contributed by atoms with Crippen molar-refractivity contribution in [2.45, 2.75) is 13.1 Å². The zero-order valence-corrected chi connectivity index (χ0v) is 15.6. The number of nitrogens with two attached hydrogens (primary N) is 3. The first-order valence-electron chi connectivity index (χ1n) is 8.64. The maximum absolute atomic E-state index is 5.83. The molecule has 0 atom stereocenters. The molecule has 4 aromatic heterocycles. The number of anilines is 6. The van der Waals surface area contributed by atoms with Crippen molar-refractivity contribution in [3.05, 3.63) is 48.3 Å². The standard InChI is InChI=1S/C16H18N12O2/c17-11-21-12(18)25-16(24-11)28(6-10-2-4-30-8-10)27-15-23-13(19)22-14(26-15)20-5-9-1-3-29-7-9/h1-4,7-8H,5-6H2,(H4,17,18,21,24,25)(H4,19,20,22,23,26,27). The Morgan fingerprint density at radius 1 is 0.767 bits per heavy atom. The van der Waals surface area contributed by atoms with E-state index in [1.54, 1.807) is 31.1 Å². The van der Waals surface area contributed by atoms with Gasteiger partial charge in [0.15, 0.2) is 0 Å². The average Bonchev–Trinajstić information content (AvgIpc) is 3.39. The molecule has 4 rings (SSSR count). The van der Waals surface area contributed by atoms with Gasteiger partial charge in [0.1, 0.15) is 0 Å². The summed E-state index contributed by atoms with van der Waals surface area (Å²) in [6, 6.07) is 3.60. The number of nitrogens with one attached hydrogen (secondary N) is 2. The van der Waals surface area contributed by atoms with Crippen molar-refractivity contribution in [2.24, 2.45) is 0 Å². The van der Waals surface area contributed by atoms with E-state index < -0.39 is 0 Å². The summed E-state index contributed by atoms with van der Waals surface area (Å²) in [4.78, 5) is 24.5. The first-order valence-corrected chi connectivity index (χ1v) is 8.64.